The highest BCUT2D eigenvalue weighted by Gasteiger charge is 2.29. The van der Waals surface area contributed by atoms with Gasteiger partial charge in [-0.3, -0.25) is 4.79 Å². The number of thioether (sulfide) groups is 1. The SMILES string of the molecule is O=c1cc2c(nn1CC1CCCN1c1nncc3ccoc13)CCSC2. The molecule has 1 fully saturated rings. The van der Waals surface area contributed by atoms with Crippen LogP contribution in [0.2, 0.25) is 0 Å². The highest BCUT2D eigenvalue weighted by Crippen LogP contribution is 2.30. The summed E-state index contributed by atoms with van der Waals surface area (Å²) in [5.74, 6) is 2.73. The summed E-state index contributed by atoms with van der Waals surface area (Å²) >= 11 is 1.86. The summed E-state index contributed by atoms with van der Waals surface area (Å²) in [5, 5.41) is 14.0. The largest absolute Gasteiger partial charge is 0.460 e. The molecule has 0 saturated carbocycles. The number of fused-ring (bicyclic) bond motifs is 2. The van der Waals surface area contributed by atoms with Gasteiger partial charge in [0.15, 0.2) is 11.4 Å². The number of anilines is 1. The molecular weight excluding hydrogens is 350 g/mol. The average molecular weight is 369 g/mol. The first-order valence-corrected chi connectivity index (χ1v) is 10.1. The first-order valence-electron chi connectivity index (χ1n) is 8.93. The second kappa shape index (κ2) is 6.42. The molecule has 1 saturated heterocycles. The number of furan rings is 1. The van der Waals surface area contributed by atoms with Crippen molar-refractivity contribution in [3.05, 3.63) is 46.2 Å². The fourth-order valence-corrected chi connectivity index (χ4v) is 4.82. The maximum Gasteiger partial charge on any atom is 0.267 e. The Morgan fingerprint density at radius 1 is 1.38 bits per heavy atom. The van der Waals surface area contributed by atoms with Gasteiger partial charge >= 0.3 is 0 Å². The van der Waals surface area contributed by atoms with E-state index in [1.807, 2.05) is 17.8 Å². The smallest absolute Gasteiger partial charge is 0.267 e. The van der Waals surface area contributed by atoms with Crippen molar-refractivity contribution >= 4 is 28.5 Å². The van der Waals surface area contributed by atoms with Crippen LogP contribution in [0.15, 0.2) is 33.8 Å². The molecule has 5 heterocycles. The zero-order valence-electron chi connectivity index (χ0n) is 14.3. The lowest BCUT2D eigenvalue weighted by Crippen LogP contribution is -2.38. The van der Waals surface area contributed by atoms with Gasteiger partial charge in [-0.25, -0.2) is 4.68 Å². The Labute approximate surface area is 154 Å². The van der Waals surface area contributed by atoms with E-state index in [2.05, 4.69) is 20.2 Å². The Bertz CT molecular complexity index is 1010. The standard InChI is InChI=1S/C18H19N5O2S/c24-16-8-13-11-26-7-4-15(13)21-23(16)10-14-2-1-5-22(14)18-17-12(3-6-25-17)9-19-20-18/h3,6,8-9,14H,1-2,4-5,7,10-11H2. The van der Waals surface area contributed by atoms with Gasteiger partial charge in [-0.05, 0) is 30.2 Å². The van der Waals surface area contributed by atoms with Gasteiger partial charge in [-0.15, -0.1) is 5.10 Å². The molecule has 0 bridgehead atoms. The van der Waals surface area contributed by atoms with E-state index in [1.165, 1.54) is 0 Å². The maximum absolute atomic E-state index is 12.5. The number of aryl methyl sites for hydroxylation is 1. The van der Waals surface area contributed by atoms with Gasteiger partial charge in [0.1, 0.15) is 0 Å². The van der Waals surface area contributed by atoms with Crippen LogP contribution in [0.1, 0.15) is 24.1 Å². The molecule has 2 aliphatic heterocycles. The van der Waals surface area contributed by atoms with Crippen LogP contribution in [-0.2, 0) is 18.7 Å². The minimum Gasteiger partial charge on any atom is -0.460 e. The third-order valence-corrected chi connectivity index (χ3v) is 6.19. The van der Waals surface area contributed by atoms with E-state index < -0.39 is 0 Å². The second-order valence-electron chi connectivity index (χ2n) is 6.80. The van der Waals surface area contributed by atoms with Crippen molar-refractivity contribution in [3.63, 3.8) is 0 Å². The Morgan fingerprint density at radius 2 is 2.35 bits per heavy atom. The number of nitrogens with zero attached hydrogens (tertiary/aromatic N) is 5. The van der Waals surface area contributed by atoms with Crippen molar-refractivity contribution in [3.8, 4) is 0 Å². The van der Waals surface area contributed by atoms with Crippen LogP contribution in [0.4, 0.5) is 5.82 Å². The number of rotatable bonds is 3. The minimum absolute atomic E-state index is 0.0135. The number of hydrogen-bond donors (Lipinski definition) is 0. The van der Waals surface area contributed by atoms with Crippen LogP contribution < -0.4 is 10.5 Å². The fourth-order valence-electron chi connectivity index (χ4n) is 3.87. The van der Waals surface area contributed by atoms with Crippen LogP contribution in [0, 0.1) is 0 Å². The van der Waals surface area contributed by atoms with E-state index in [0.717, 1.165) is 65.4 Å². The Balaban J connectivity index is 1.47. The quantitative estimate of drug-likeness (QED) is 0.701. The molecule has 0 amide bonds. The zero-order chi connectivity index (χ0) is 17.5. The maximum atomic E-state index is 12.5. The third kappa shape index (κ3) is 2.68. The number of hydrogen-bond acceptors (Lipinski definition) is 7. The summed E-state index contributed by atoms with van der Waals surface area (Å²) in [4.78, 5) is 14.7. The lowest BCUT2D eigenvalue weighted by Gasteiger charge is -2.26. The summed E-state index contributed by atoms with van der Waals surface area (Å²) in [5.41, 5.74) is 2.91. The average Bonchev–Trinajstić information content (AvgIpc) is 3.31. The van der Waals surface area contributed by atoms with E-state index in [9.17, 15) is 4.79 Å². The first-order chi connectivity index (χ1) is 12.8. The lowest BCUT2D eigenvalue weighted by atomic mass is 10.2. The van der Waals surface area contributed by atoms with Crippen molar-refractivity contribution in [1.82, 2.24) is 20.0 Å². The Kier molecular flexibility index (Phi) is 3.92. The molecule has 3 aromatic heterocycles. The molecule has 5 rings (SSSR count). The molecule has 134 valence electrons. The van der Waals surface area contributed by atoms with Crippen LogP contribution >= 0.6 is 11.8 Å². The van der Waals surface area contributed by atoms with Crippen molar-refractivity contribution in [2.75, 3.05) is 17.2 Å². The van der Waals surface area contributed by atoms with Crippen LogP contribution in [0.25, 0.3) is 11.0 Å². The molecule has 8 heteroatoms. The van der Waals surface area contributed by atoms with Gasteiger partial charge in [-0.1, -0.05) is 0 Å². The normalized spacial score (nSPS) is 19.8. The topological polar surface area (TPSA) is 77.1 Å². The Morgan fingerprint density at radius 3 is 3.31 bits per heavy atom. The van der Waals surface area contributed by atoms with Crippen molar-refractivity contribution < 1.29 is 4.42 Å². The lowest BCUT2D eigenvalue weighted by molar-refractivity contribution is 0.478. The first kappa shape index (κ1) is 15.9. The van der Waals surface area contributed by atoms with Gasteiger partial charge in [0.05, 0.1) is 30.7 Å². The molecule has 2 aliphatic rings. The minimum atomic E-state index is -0.0135. The van der Waals surface area contributed by atoms with E-state index in [-0.39, 0.29) is 11.6 Å². The highest BCUT2D eigenvalue weighted by atomic mass is 32.2. The summed E-state index contributed by atoms with van der Waals surface area (Å²) < 4.78 is 7.26. The van der Waals surface area contributed by atoms with E-state index in [4.69, 9.17) is 4.42 Å². The molecule has 26 heavy (non-hydrogen) atoms. The van der Waals surface area contributed by atoms with Crippen molar-refractivity contribution in [2.45, 2.75) is 37.6 Å². The van der Waals surface area contributed by atoms with E-state index >= 15 is 0 Å². The fraction of sp³-hybridized carbons (Fsp3) is 0.444. The molecule has 0 aromatic carbocycles. The van der Waals surface area contributed by atoms with Crippen LogP contribution in [0.3, 0.4) is 0 Å². The van der Waals surface area contributed by atoms with Gasteiger partial charge in [0.25, 0.3) is 5.56 Å². The van der Waals surface area contributed by atoms with Crippen LogP contribution in [0.5, 0.6) is 0 Å². The molecule has 0 spiro atoms. The van der Waals surface area contributed by atoms with Gasteiger partial charge in [0, 0.05) is 30.2 Å². The summed E-state index contributed by atoms with van der Waals surface area (Å²) in [7, 11) is 0. The summed E-state index contributed by atoms with van der Waals surface area (Å²) in [6.07, 6.45) is 6.36. The molecular formula is C18H19N5O2S. The van der Waals surface area contributed by atoms with Crippen molar-refractivity contribution in [2.24, 2.45) is 0 Å². The summed E-state index contributed by atoms with van der Waals surface area (Å²) in [6, 6.07) is 3.83. The predicted octanol–water partition coefficient (Wildman–Crippen LogP) is 2.24. The van der Waals surface area contributed by atoms with Crippen LogP contribution in [-0.4, -0.2) is 38.3 Å². The van der Waals surface area contributed by atoms with Gasteiger partial charge in [-0.2, -0.15) is 22.0 Å². The molecule has 0 radical (unpaired) electrons. The Hall–Kier alpha value is -2.35. The molecule has 1 unspecified atom stereocenters. The van der Waals surface area contributed by atoms with E-state index in [0.29, 0.717) is 6.54 Å². The highest BCUT2D eigenvalue weighted by molar-refractivity contribution is 7.98. The molecule has 0 aliphatic carbocycles. The second-order valence-corrected chi connectivity index (χ2v) is 7.91. The van der Waals surface area contributed by atoms with Crippen molar-refractivity contribution in [1.29, 1.82) is 0 Å². The monoisotopic (exact) mass is 369 g/mol. The molecule has 0 N–H and O–H groups in total. The zero-order valence-corrected chi connectivity index (χ0v) is 15.1. The third-order valence-electron chi connectivity index (χ3n) is 5.19. The molecule has 1 atom stereocenters. The number of aromatic nitrogens is 4. The van der Waals surface area contributed by atoms with E-state index in [1.54, 1.807) is 23.2 Å². The van der Waals surface area contributed by atoms with Gasteiger partial charge < -0.3 is 9.32 Å². The van der Waals surface area contributed by atoms with Gasteiger partial charge in [0.2, 0.25) is 0 Å². The predicted molar refractivity (Wildman–Crippen MR) is 101 cm³/mol. The molecule has 7 nitrogen and oxygen atoms in total. The molecule has 3 aromatic rings. The summed E-state index contributed by atoms with van der Waals surface area (Å²) in [6.45, 7) is 1.45.